The molecule has 5 rings (SSSR count). The fraction of sp³-hybridized carbons (Fsp3) is 0.348. The number of benzene rings is 2. The van der Waals surface area contributed by atoms with Crippen molar-refractivity contribution in [2.24, 2.45) is 17.4 Å². The number of carbonyl (C=O) groups is 2. The van der Waals surface area contributed by atoms with Crippen LogP contribution in [0.2, 0.25) is 0 Å². The molecule has 166 valence electrons. The van der Waals surface area contributed by atoms with E-state index in [0.29, 0.717) is 29.5 Å². The molecule has 1 fully saturated rings. The lowest BCUT2D eigenvalue weighted by Crippen LogP contribution is -2.37. The first-order valence-electron chi connectivity index (χ1n) is 10.7. The van der Waals surface area contributed by atoms with Gasteiger partial charge in [0.25, 0.3) is 5.91 Å². The summed E-state index contributed by atoms with van der Waals surface area (Å²) in [5.41, 5.74) is 14.6. The highest BCUT2D eigenvalue weighted by atomic mass is 16.5. The molecule has 1 saturated carbocycles. The highest BCUT2D eigenvalue weighted by molar-refractivity contribution is 5.97. The van der Waals surface area contributed by atoms with Crippen molar-refractivity contribution in [3.63, 3.8) is 0 Å². The maximum atomic E-state index is 11.9. The molecule has 1 aliphatic carbocycles. The summed E-state index contributed by atoms with van der Waals surface area (Å²) in [7, 11) is 1.50. The van der Waals surface area contributed by atoms with Crippen LogP contribution in [0.3, 0.4) is 0 Å². The second-order valence-corrected chi connectivity index (χ2v) is 8.27. The molecular formula is C23H25N5O4. The SMILES string of the molecule is COc1ccc(-c2nc3cc(N[C@H](C(N)=O)C4CC4)cc4c3n2CCCO4)cc1C(N)=O. The van der Waals surface area contributed by atoms with Crippen molar-refractivity contribution in [3.8, 4) is 22.9 Å². The van der Waals surface area contributed by atoms with E-state index in [9.17, 15) is 9.59 Å². The van der Waals surface area contributed by atoms with E-state index in [4.69, 9.17) is 25.9 Å². The van der Waals surface area contributed by atoms with E-state index < -0.39 is 11.9 Å². The number of anilines is 1. The second kappa shape index (κ2) is 7.74. The highest BCUT2D eigenvalue weighted by Crippen LogP contribution is 2.39. The Hall–Kier alpha value is -3.75. The zero-order chi connectivity index (χ0) is 22.4. The van der Waals surface area contributed by atoms with Gasteiger partial charge in [0.2, 0.25) is 5.91 Å². The third-order valence-electron chi connectivity index (χ3n) is 6.04. The molecule has 1 aromatic heterocycles. The van der Waals surface area contributed by atoms with E-state index in [-0.39, 0.29) is 11.8 Å². The lowest BCUT2D eigenvalue weighted by molar-refractivity contribution is -0.119. The van der Waals surface area contributed by atoms with Gasteiger partial charge < -0.3 is 30.8 Å². The van der Waals surface area contributed by atoms with Crippen LogP contribution in [0.5, 0.6) is 11.5 Å². The molecule has 2 amide bonds. The smallest absolute Gasteiger partial charge is 0.252 e. The number of amides is 2. The zero-order valence-corrected chi connectivity index (χ0v) is 17.8. The first kappa shape index (κ1) is 20.2. The number of hydrogen-bond donors (Lipinski definition) is 3. The van der Waals surface area contributed by atoms with Crippen molar-refractivity contribution >= 4 is 28.5 Å². The summed E-state index contributed by atoms with van der Waals surface area (Å²) in [6.07, 6.45) is 2.79. The minimum Gasteiger partial charge on any atom is -0.496 e. The number of ether oxygens (including phenoxy) is 2. The van der Waals surface area contributed by atoms with Gasteiger partial charge in [-0.2, -0.15) is 0 Å². The Bertz CT molecular complexity index is 1230. The quantitative estimate of drug-likeness (QED) is 0.521. The Labute approximate surface area is 184 Å². The van der Waals surface area contributed by atoms with E-state index >= 15 is 0 Å². The van der Waals surface area contributed by atoms with Crippen LogP contribution in [0.1, 0.15) is 29.6 Å². The summed E-state index contributed by atoms with van der Waals surface area (Å²) in [6.45, 7) is 1.28. The molecular weight excluding hydrogens is 410 g/mol. The number of hydrogen-bond acceptors (Lipinski definition) is 6. The highest BCUT2D eigenvalue weighted by Gasteiger charge is 2.35. The molecule has 2 aliphatic rings. The Morgan fingerprint density at radius 2 is 2.06 bits per heavy atom. The van der Waals surface area contributed by atoms with E-state index in [1.807, 2.05) is 18.2 Å². The summed E-state index contributed by atoms with van der Waals surface area (Å²) in [5, 5.41) is 3.28. The molecule has 32 heavy (non-hydrogen) atoms. The average Bonchev–Trinajstić information content (AvgIpc) is 3.57. The summed E-state index contributed by atoms with van der Waals surface area (Å²) >= 11 is 0. The molecule has 0 radical (unpaired) electrons. The van der Waals surface area contributed by atoms with Crippen LogP contribution in [0.25, 0.3) is 22.4 Å². The number of primary amides is 2. The van der Waals surface area contributed by atoms with Gasteiger partial charge in [-0.15, -0.1) is 0 Å². The third kappa shape index (κ3) is 3.49. The Balaban J connectivity index is 1.62. The normalized spacial score (nSPS) is 16.2. The topological polar surface area (TPSA) is 134 Å². The molecule has 1 atom stereocenters. The molecule has 3 aromatic rings. The van der Waals surface area contributed by atoms with Crippen molar-refractivity contribution in [2.75, 3.05) is 19.0 Å². The van der Waals surface area contributed by atoms with Crippen LogP contribution >= 0.6 is 0 Å². The minimum absolute atomic E-state index is 0.267. The van der Waals surface area contributed by atoms with Crippen LogP contribution in [0, 0.1) is 5.92 Å². The molecule has 5 N–H and O–H groups in total. The van der Waals surface area contributed by atoms with Gasteiger partial charge in [0.05, 0.1) is 24.8 Å². The number of rotatable bonds is 7. The Kier molecular flexibility index (Phi) is 4.88. The van der Waals surface area contributed by atoms with E-state index in [1.54, 1.807) is 12.1 Å². The van der Waals surface area contributed by atoms with Crippen LogP contribution in [0.4, 0.5) is 5.69 Å². The number of nitrogens with one attached hydrogen (secondary N) is 1. The fourth-order valence-corrected chi connectivity index (χ4v) is 4.34. The Morgan fingerprint density at radius 1 is 1.25 bits per heavy atom. The molecule has 0 bridgehead atoms. The molecule has 0 unspecified atom stereocenters. The summed E-state index contributed by atoms with van der Waals surface area (Å²) in [4.78, 5) is 28.7. The molecule has 1 aliphatic heterocycles. The predicted octanol–water partition coefficient (Wildman–Crippen LogP) is 2.27. The summed E-state index contributed by atoms with van der Waals surface area (Å²) in [5.74, 6) is 1.17. The van der Waals surface area contributed by atoms with Crippen LogP contribution in [-0.4, -0.2) is 41.1 Å². The summed E-state index contributed by atoms with van der Waals surface area (Å²) < 4.78 is 13.4. The van der Waals surface area contributed by atoms with Crippen molar-refractivity contribution in [3.05, 3.63) is 35.9 Å². The number of nitrogens with zero attached hydrogens (tertiary/aromatic N) is 2. The van der Waals surface area contributed by atoms with E-state index in [0.717, 1.165) is 48.1 Å². The molecule has 2 aromatic carbocycles. The zero-order valence-electron chi connectivity index (χ0n) is 17.8. The number of aromatic nitrogens is 2. The van der Waals surface area contributed by atoms with Gasteiger partial charge >= 0.3 is 0 Å². The van der Waals surface area contributed by atoms with Crippen molar-refractivity contribution in [1.82, 2.24) is 9.55 Å². The minimum atomic E-state index is -0.566. The second-order valence-electron chi connectivity index (χ2n) is 8.27. The van der Waals surface area contributed by atoms with Crippen molar-refractivity contribution in [2.45, 2.75) is 31.8 Å². The van der Waals surface area contributed by atoms with E-state index in [1.165, 1.54) is 7.11 Å². The van der Waals surface area contributed by atoms with Gasteiger partial charge in [0.1, 0.15) is 28.9 Å². The van der Waals surface area contributed by atoms with Crippen LogP contribution in [-0.2, 0) is 11.3 Å². The molecule has 0 spiro atoms. The number of carbonyl (C=O) groups excluding carboxylic acids is 2. The lowest BCUT2D eigenvalue weighted by atomic mass is 10.1. The monoisotopic (exact) mass is 435 g/mol. The number of methoxy groups -OCH3 is 1. The molecule has 0 saturated heterocycles. The lowest BCUT2D eigenvalue weighted by Gasteiger charge is -2.17. The van der Waals surface area contributed by atoms with Crippen molar-refractivity contribution in [1.29, 1.82) is 0 Å². The Morgan fingerprint density at radius 3 is 2.75 bits per heavy atom. The molecule has 9 heteroatoms. The first-order valence-corrected chi connectivity index (χ1v) is 10.7. The number of aryl methyl sites for hydroxylation is 1. The first-order chi connectivity index (χ1) is 15.5. The van der Waals surface area contributed by atoms with E-state index in [2.05, 4.69) is 9.88 Å². The maximum absolute atomic E-state index is 11.9. The summed E-state index contributed by atoms with van der Waals surface area (Å²) in [6, 6.07) is 8.67. The number of imidazole rings is 1. The average molecular weight is 435 g/mol. The van der Waals surface area contributed by atoms with Crippen LogP contribution in [0.15, 0.2) is 30.3 Å². The molecule has 2 heterocycles. The number of nitrogens with two attached hydrogens (primary N) is 2. The van der Waals surface area contributed by atoms with Crippen LogP contribution < -0.4 is 26.3 Å². The third-order valence-corrected chi connectivity index (χ3v) is 6.04. The van der Waals surface area contributed by atoms with Gasteiger partial charge in [-0.05, 0) is 49.4 Å². The standard InChI is InChI=1S/C23H25N5O4/c1-31-17-6-5-13(9-15(17)21(24)29)23-27-16-10-14(26-19(22(25)30)12-3-4-12)11-18-20(16)28(23)7-2-8-32-18/h5-6,9-12,19,26H,2-4,7-8H2,1H3,(H2,24,29)(H2,25,30)/t19-/m0/s1. The maximum Gasteiger partial charge on any atom is 0.252 e. The van der Waals surface area contributed by atoms with Gasteiger partial charge in [0.15, 0.2) is 0 Å². The predicted molar refractivity (Wildman–Crippen MR) is 120 cm³/mol. The van der Waals surface area contributed by atoms with Gasteiger partial charge in [-0.1, -0.05) is 0 Å². The largest absolute Gasteiger partial charge is 0.496 e. The van der Waals surface area contributed by atoms with Crippen molar-refractivity contribution < 1.29 is 19.1 Å². The van der Waals surface area contributed by atoms with Gasteiger partial charge in [-0.3, -0.25) is 9.59 Å². The molecule has 9 nitrogen and oxygen atoms in total. The fourth-order valence-electron chi connectivity index (χ4n) is 4.34. The van der Waals surface area contributed by atoms with Gasteiger partial charge in [-0.25, -0.2) is 4.98 Å². The van der Waals surface area contributed by atoms with Gasteiger partial charge in [0, 0.05) is 23.9 Å².